The van der Waals surface area contributed by atoms with Gasteiger partial charge in [-0.15, -0.1) is 0 Å². The molecule has 0 fully saturated rings. The Hall–Kier alpha value is -0.220. The molecule has 0 amide bonds. The minimum Gasteiger partial charge on any atom is -0.466 e. The smallest absolute Gasteiger partial charge is 0.302 e. The first-order chi connectivity index (χ1) is 5.27. The van der Waals surface area contributed by atoms with Gasteiger partial charge in [0.1, 0.15) is 0 Å². The first kappa shape index (κ1) is 10.8. The second-order valence-electron chi connectivity index (χ2n) is 2.03. The van der Waals surface area contributed by atoms with Crippen molar-refractivity contribution in [1.82, 2.24) is 0 Å². The van der Waals surface area contributed by atoms with E-state index in [9.17, 15) is 4.79 Å². The number of hydrogen-bond acceptors (Lipinski definition) is 4. The van der Waals surface area contributed by atoms with Gasteiger partial charge in [-0.05, 0) is 12.2 Å². The summed E-state index contributed by atoms with van der Waals surface area (Å²) in [5.41, 5.74) is 0. The molecule has 0 unspecified atom stereocenters. The van der Waals surface area contributed by atoms with Crippen molar-refractivity contribution in [2.75, 3.05) is 24.7 Å². The van der Waals surface area contributed by atoms with E-state index in [0.717, 1.165) is 17.9 Å². The molecule has 0 aliphatic rings. The van der Waals surface area contributed by atoms with E-state index < -0.39 is 0 Å². The predicted molar refractivity (Wildman–Crippen MR) is 45.7 cm³/mol. The number of carbonyl (C=O) groups is 1. The molecule has 0 aromatic heterocycles. The standard InChI is InChI=1S/C7H14O3S/c1-7(9)10-4-2-5-11-6-3-8/h8H,2-6H2,1H3. The molecule has 0 saturated heterocycles. The molecular formula is C7H14O3S. The zero-order valence-electron chi connectivity index (χ0n) is 6.71. The van der Waals surface area contributed by atoms with Crippen LogP contribution in [0.4, 0.5) is 0 Å². The summed E-state index contributed by atoms with van der Waals surface area (Å²) in [6, 6.07) is 0. The highest BCUT2D eigenvalue weighted by molar-refractivity contribution is 7.99. The summed E-state index contributed by atoms with van der Waals surface area (Å²) < 4.78 is 4.71. The third-order valence-electron chi connectivity index (χ3n) is 0.974. The van der Waals surface area contributed by atoms with Gasteiger partial charge < -0.3 is 9.84 Å². The number of hydrogen-bond donors (Lipinski definition) is 1. The van der Waals surface area contributed by atoms with Gasteiger partial charge in [0.05, 0.1) is 13.2 Å². The average Bonchev–Trinajstić information content (AvgIpc) is 1.96. The monoisotopic (exact) mass is 178 g/mol. The maximum Gasteiger partial charge on any atom is 0.302 e. The SMILES string of the molecule is CC(=O)OCCCSCCO. The van der Waals surface area contributed by atoms with Crippen molar-refractivity contribution in [2.45, 2.75) is 13.3 Å². The minimum absolute atomic E-state index is 0.220. The fourth-order valence-corrected chi connectivity index (χ4v) is 1.20. The van der Waals surface area contributed by atoms with E-state index in [0.29, 0.717) is 6.61 Å². The molecule has 0 bridgehead atoms. The fraction of sp³-hybridized carbons (Fsp3) is 0.857. The van der Waals surface area contributed by atoms with Crippen molar-refractivity contribution >= 4 is 17.7 Å². The molecule has 11 heavy (non-hydrogen) atoms. The van der Waals surface area contributed by atoms with Crippen LogP contribution in [0.2, 0.25) is 0 Å². The topological polar surface area (TPSA) is 46.5 Å². The molecule has 0 aliphatic heterocycles. The molecule has 4 heteroatoms. The Labute approximate surface area is 71.1 Å². The Bertz CT molecular complexity index is 106. The van der Waals surface area contributed by atoms with Crippen molar-refractivity contribution in [3.63, 3.8) is 0 Å². The Balaban J connectivity index is 2.85. The molecule has 0 aliphatic carbocycles. The van der Waals surface area contributed by atoms with E-state index in [-0.39, 0.29) is 12.6 Å². The number of esters is 1. The first-order valence-electron chi connectivity index (χ1n) is 3.59. The van der Waals surface area contributed by atoms with Crippen LogP contribution < -0.4 is 0 Å². The third kappa shape index (κ3) is 9.78. The highest BCUT2D eigenvalue weighted by atomic mass is 32.2. The van der Waals surface area contributed by atoms with Crippen LogP contribution in [0.1, 0.15) is 13.3 Å². The number of aliphatic hydroxyl groups is 1. The molecule has 0 heterocycles. The van der Waals surface area contributed by atoms with E-state index in [1.54, 1.807) is 11.8 Å². The normalized spacial score (nSPS) is 9.64. The molecule has 0 aromatic rings. The van der Waals surface area contributed by atoms with Crippen molar-refractivity contribution in [2.24, 2.45) is 0 Å². The average molecular weight is 178 g/mol. The van der Waals surface area contributed by atoms with Gasteiger partial charge in [0.2, 0.25) is 0 Å². The Morgan fingerprint density at radius 2 is 2.27 bits per heavy atom. The van der Waals surface area contributed by atoms with Crippen LogP contribution in [0.15, 0.2) is 0 Å². The minimum atomic E-state index is -0.225. The molecule has 0 radical (unpaired) electrons. The van der Waals surface area contributed by atoms with Crippen molar-refractivity contribution in [3.05, 3.63) is 0 Å². The molecule has 3 nitrogen and oxygen atoms in total. The van der Waals surface area contributed by atoms with Gasteiger partial charge in [0.15, 0.2) is 0 Å². The molecule has 0 aromatic carbocycles. The highest BCUT2D eigenvalue weighted by Gasteiger charge is 1.92. The van der Waals surface area contributed by atoms with Crippen molar-refractivity contribution in [3.8, 4) is 0 Å². The van der Waals surface area contributed by atoms with Crippen LogP contribution in [0.25, 0.3) is 0 Å². The van der Waals surface area contributed by atoms with E-state index in [4.69, 9.17) is 9.84 Å². The Kier molecular flexibility index (Phi) is 7.72. The second-order valence-corrected chi connectivity index (χ2v) is 3.25. The molecule has 0 saturated carbocycles. The largest absolute Gasteiger partial charge is 0.466 e. The number of rotatable bonds is 6. The van der Waals surface area contributed by atoms with Gasteiger partial charge in [0.25, 0.3) is 0 Å². The van der Waals surface area contributed by atoms with Crippen LogP contribution >= 0.6 is 11.8 Å². The molecular weight excluding hydrogens is 164 g/mol. The van der Waals surface area contributed by atoms with E-state index in [1.807, 2.05) is 0 Å². The summed E-state index contributed by atoms with van der Waals surface area (Å²) in [7, 11) is 0. The van der Waals surface area contributed by atoms with Gasteiger partial charge >= 0.3 is 5.97 Å². The summed E-state index contributed by atoms with van der Waals surface area (Å²) in [5, 5.41) is 8.40. The van der Waals surface area contributed by atoms with Crippen LogP contribution in [0.3, 0.4) is 0 Å². The number of thioether (sulfide) groups is 1. The van der Waals surface area contributed by atoms with Crippen LogP contribution in [-0.2, 0) is 9.53 Å². The summed E-state index contributed by atoms with van der Waals surface area (Å²) in [4.78, 5) is 10.3. The number of ether oxygens (including phenoxy) is 1. The summed E-state index contributed by atoms with van der Waals surface area (Å²) >= 11 is 1.66. The maximum atomic E-state index is 10.3. The van der Waals surface area contributed by atoms with E-state index in [1.165, 1.54) is 6.92 Å². The summed E-state index contributed by atoms with van der Waals surface area (Å²) in [6.45, 7) is 2.12. The van der Waals surface area contributed by atoms with Crippen LogP contribution in [0, 0.1) is 0 Å². The lowest BCUT2D eigenvalue weighted by Gasteiger charge is -2.00. The van der Waals surface area contributed by atoms with E-state index >= 15 is 0 Å². The lowest BCUT2D eigenvalue weighted by molar-refractivity contribution is -0.140. The number of carbonyl (C=O) groups excluding carboxylic acids is 1. The maximum absolute atomic E-state index is 10.3. The Morgan fingerprint density at radius 1 is 1.55 bits per heavy atom. The quantitative estimate of drug-likeness (QED) is 0.479. The second kappa shape index (κ2) is 7.88. The highest BCUT2D eigenvalue weighted by Crippen LogP contribution is 2.00. The lowest BCUT2D eigenvalue weighted by Crippen LogP contribution is -2.01. The lowest BCUT2D eigenvalue weighted by atomic mass is 10.5. The van der Waals surface area contributed by atoms with Gasteiger partial charge in [-0.1, -0.05) is 0 Å². The third-order valence-corrected chi connectivity index (χ3v) is 2.02. The molecule has 66 valence electrons. The van der Waals surface area contributed by atoms with Gasteiger partial charge in [-0.2, -0.15) is 11.8 Å². The Morgan fingerprint density at radius 3 is 2.82 bits per heavy atom. The van der Waals surface area contributed by atoms with Gasteiger partial charge in [-0.3, -0.25) is 4.79 Å². The zero-order chi connectivity index (χ0) is 8.53. The fourth-order valence-electron chi connectivity index (χ4n) is 0.543. The van der Waals surface area contributed by atoms with Crippen molar-refractivity contribution < 1.29 is 14.6 Å². The summed E-state index contributed by atoms with van der Waals surface area (Å²) in [5.74, 6) is 1.48. The summed E-state index contributed by atoms with van der Waals surface area (Å²) in [6.07, 6.45) is 0.865. The number of aliphatic hydroxyl groups excluding tert-OH is 1. The molecule has 0 atom stereocenters. The predicted octanol–water partition coefficient (Wildman–Crippen LogP) is 0.665. The molecule has 1 N–H and O–H groups in total. The first-order valence-corrected chi connectivity index (χ1v) is 4.75. The van der Waals surface area contributed by atoms with Gasteiger partial charge in [-0.25, -0.2) is 0 Å². The molecule has 0 spiro atoms. The van der Waals surface area contributed by atoms with E-state index in [2.05, 4.69) is 0 Å². The van der Waals surface area contributed by atoms with Gasteiger partial charge in [0, 0.05) is 12.7 Å². The zero-order valence-corrected chi connectivity index (χ0v) is 7.52. The van der Waals surface area contributed by atoms with Crippen LogP contribution in [0.5, 0.6) is 0 Å². The van der Waals surface area contributed by atoms with Crippen LogP contribution in [-0.4, -0.2) is 35.8 Å². The van der Waals surface area contributed by atoms with Crippen molar-refractivity contribution in [1.29, 1.82) is 0 Å². The molecule has 0 rings (SSSR count).